The van der Waals surface area contributed by atoms with Crippen molar-refractivity contribution in [1.82, 2.24) is 5.32 Å². The van der Waals surface area contributed by atoms with Crippen molar-refractivity contribution in [3.05, 3.63) is 65.7 Å². The van der Waals surface area contributed by atoms with E-state index in [1.54, 1.807) is 0 Å². The molecule has 0 fully saturated rings. The van der Waals surface area contributed by atoms with E-state index in [1.807, 2.05) is 61.5 Å². The number of nitrogens with one attached hydrogen (secondary N) is 1. The van der Waals surface area contributed by atoms with E-state index in [-0.39, 0.29) is 18.6 Å². The molecule has 4 nitrogen and oxygen atoms in total. The lowest BCUT2D eigenvalue weighted by Gasteiger charge is -2.15. The number of hydrogen-bond donors (Lipinski definition) is 2. The summed E-state index contributed by atoms with van der Waals surface area (Å²) in [7, 11) is 0. The van der Waals surface area contributed by atoms with Crippen molar-refractivity contribution in [3.8, 4) is 5.75 Å². The van der Waals surface area contributed by atoms with Gasteiger partial charge in [-0.1, -0.05) is 48.5 Å². The molecule has 2 aromatic rings. The van der Waals surface area contributed by atoms with Crippen molar-refractivity contribution in [1.29, 1.82) is 0 Å². The molecule has 0 heterocycles. The quantitative estimate of drug-likeness (QED) is 0.856. The Kier molecular flexibility index (Phi) is 5.35. The van der Waals surface area contributed by atoms with Gasteiger partial charge in [0.1, 0.15) is 5.75 Å². The first-order chi connectivity index (χ1) is 10.2. The van der Waals surface area contributed by atoms with Crippen molar-refractivity contribution in [2.75, 3.05) is 6.61 Å². The maximum absolute atomic E-state index is 11.9. The molecule has 1 amide bonds. The molecule has 0 unspecified atom stereocenters. The summed E-state index contributed by atoms with van der Waals surface area (Å²) in [6, 6.07) is 17.2. The van der Waals surface area contributed by atoms with Gasteiger partial charge in [0.15, 0.2) is 6.61 Å². The van der Waals surface area contributed by atoms with Gasteiger partial charge in [-0.05, 0) is 18.6 Å². The first-order valence-corrected chi connectivity index (χ1v) is 6.96. The Hall–Kier alpha value is -2.33. The van der Waals surface area contributed by atoms with Crippen LogP contribution in [0, 0.1) is 0 Å². The summed E-state index contributed by atoms with van der Waals surface area (Å²) in [5, 5.41) is 2.91. The Morgan fingerprint density at radius 3 is 2.52 bits per heavy atom. The normalized spacial score (nSPS) is 11.7. The van der Waals surface area contributed by atoms with Crippen LogP contribution in [-0.2, 0) is 11.3 Å². The fourth-order valence-electron chi connectivity index (χ4n) is 2.06. The zero-order valence-electron chi connectivity index (χ0n) is 12.1. The summed E-state index contributed by atoms with van der Waals surface area (Å²) in [5.41, 5.74) is 7.59. The smallest absolute Gasteiger partial charge is 0.258 e. The first-order valence-electron chi connectivity index (χ1n) is 6.96. The standard InChI is InChI=1S/C17H20N2O2/c1-13(14-7-3-2-4-8-14)19-17(20)12-21-16-10-6-5-9-15(16)11-18/h2-10,13H,11-12,18H2,1H3,(H,19,20)/t13-/m1/s1. The Morgan fingerprint density at radius 1 is 1.14 bits per heavy atom. The lowest BCUT2D eigenvalue weighted by atomic mass is 10.1. The highest BCUT2D eigenvalue weighted by Gasteiger charge is 2.10. The highest BCUT2D eigenvalue weighted by molar-refractivity contribution is 5.78. The summed E-state index contributed by atoms with van der Waals surface area (Å²) < 4.78 is 5.53. The van der Waals surface area contributed by atoms with Crippen LogP contribution in [0.5, 0.6) is 5.75 Å². The highest BCUT2D eigenvalue weighted by atomic mass is 16.5. The van der Waals surface area contributed by atoms with Crippen molar-refractivity contribution in [2.45, 2.75) is 19.5 Å². The number of hydrogen-bond acceptors (Lipinski definition) is 3. The lowest BCUT2D eigenvalue weighted by molar-refractivity contribution is -0.123. The topological polar surface area (TPSA) is 64.3 Å². The SMILES string of the molecule is C[C@@H](NC(=O)COc1ccccc1CN)c1ccccc1. The van der Waals surface area contributed by atoms with E-state index in [0.29, 0.717) is 12.3 Å². The second-order valence-electron chi connectivity index (χ2n) is 4.80. The lowest BCUT2D eigenvalue weighted by Crippen LogP contribution is -2.31. The zero-order valence-corrected chi connectivity index (χ0v) is 12.1. The molecule has 0 radical (unpaired) electrons. The van der Waals surface area contributed by atoms with Crippen LogP contribution in [-0.4, -0.2) is 12.5 Å². The van der Waals surface area contributed by atoms with Gasteiger partial charge < -0.3 is 15.8 Å². The number of para-hydroxylation sites is 1. The van der Waals surface area contributed by atoms with E-state index < -0.39 is 0 Å². The second-order valence-corrected chi connectivity index (χ2v) is 4.80. The Balaban J connectivity index is 1.88. The molecule has 4 heteroatoms. The number of rotatable bonds is 6. The summed E-state index contributed by atoms with van der Waals surface area (Å²) in [5.74, 6) is 0.501. The van der Waals surface area contributed by atoms with Crippen LogP contribution in [0.2, 0.25) is 0 Å². The molecule has 0 saturated carbocycles. The largest absolute Gasteiger partial charge is 0.483 e. The zero-order chi connectivity index (χ0) is 15.1. The van der Waals surface area contributed by atoms with E-state index in [0.717, 1.165) is 11.1 Å². The Morgan fingerprint density at radius 2 is 1.81 bits per heavy atom. The Labute approximate surface area is 124 Å². The van der Waals surface area contributed by atoms with Gasteiger partial charge in [0, 0.05) is 12.1 Å². The molecule has 0 bridgehead atoms. The van der Waals surface area contributed by atoms with Gasteiger partial charge in [0.05, 0.1) is 6.04 Å². The molecule has 1 atom stereocenters. The number of nitrogens with two attached hydrogens (primary N) is 1. The molecule has 0 aliphatic heterocycles. The minimum atomic E-state index is -0.154. The maximum atomic E-state index is 11.9. The third-order valence-electron chi connectivity index (χ3n) is 3.23. The fourth-order valence-corrected chi connectivity index (χ4v) is 2.06. The van der Waals surface area contributed by atoms with Crippen LogP contribution in [0.3, 0.4) is 0 Å². The van der Waals surface area contributed by atoms with Crippen LogP contribution >= 0.6 is 0 Å². The van der Waals surface area contributed by atoms with Crippen molar-refractivity contribution in [3.63, 3.8) is 0 Å². The monoisotopic (exact) mass is 284 g/mol. The molecule has 2 aromatic carbocycles. The van der Waals surface area contributed by atoms with Gasteiger partial charge in [0.2, 0.25) is 0 Å². The van der Waals surface area contributed by atoms with Crippen molar-refractivity contribution < 1.29 is 9.53 Å². The number of carbonyl (C=O) groups excluding carboxylic acids is 1. The van der Waals surface area contributed by atoms with Crippen LogP contribution in [0.4, 0.5) is 0 Å². The minimum Gasteiger partial charge on any atom is -0.483 e. The van der Waals surface area contributed by atoms with Crippen molar-refractivity contribution in [2.24, 2.45) is 5.73 Å². The molecule has 110 valence electrons. The van der Waals surface area contributed by atoms with E-state index in [4.69, 9.17) is 10.5 Å². The molecule has 21 heavy (non-hydrogen) atoms. The summed E-state index contributed by atoms with van der Waals surface area (Å²) in [6.45, 7) is 2.31. The molecule has 0 aliphatic carbocycles. The van der Waals surface area contributed by atoms with Crippen molar-refractivity contribution >= 4 is 5.91 Å². The number of ether oxygens (including phenoxy) is 1. The predicted molar refractivity (Wildman–Crippen MR) is 82.8 cm³/mol. The third kappa shape index (κ3) is 4.33. The third-order valence-corrected chi connectivity index (χ3v) is 3.23. The minimum absolute atomic E-state index is 0.0197. The van der Waals surface area contributed by atoms with E-state index in [2.05, 4.69) is 5.32 Å². The summed E-state index contributed by atoms with van der Waals surface area (Å²) in [4.78, 5) is 11.9. The van der Waals surface area contributed by atoms with Gasteiger partial charge in [-0.15, -0.1) is 0 Å². The molecule has 0 aromatic heterocycles. The second kappa shape index (κ2) is 7.45. The van der Waals surface area contributed by atoms with Gasteiger partial charge in [-0.2, -0.15) is 0 Å². The first kappa shape index (κ1) is 15.1. The molecular weight excluding hydrogens is 264 g/mol. The van der Waals surface area contributed by atoms with Crippen LogP contribution in [0.25, 0.3) is 0 Å². The highest BCUT2D eigenvalue weighted by Crippen LogP contribution is 2.17. The van der Waals surface area contributed by atoms with Gasteiger partial charge in [0.25, 0.3) is 5.91 Å². The average molecular weight is 284 g/mol. The number of carbonyl (C=O) groups is 1. The molecular formula is C17H20N2O2. The van der Waals surface area contributed by atoms with Crippen LogP contribution in [0.1, 0.15) is 24.1 Å². The van der Waals surface area contributed by atoms with Gasteiger partial charge >= 0.3 is 0 Å². The predicted octanol–water partition coefficient (Wildman–Crippen LogP) is 2.40. The van der Waals surface area contributed by atoms with E-state index >= 15 is 0 Å². The number of amides is 1. The molecule has 0 saturated heterocycles. The van der Waals surface area contributed by atoms with Gasteiger partial charge in [-0.3, -0.25) is 4.79 Å². The van der Waals surface area contributed by atoms with E-state index in [1.165, 1.54) is 0 Å². The molecule has 0 aliphatic rings. The summed E-state index contributed by atoms with van der Waals surface area (Å²) >= 11 is 0. The van der Waals surface area contributed by atoms with E-state index in [9.17, 15) is 4.79 Å². The summed E-state index contributed by atoms with van der Waals surface area (Å²) in [6.07, 6.45) is 0. The van der Waals surface area contributed by atoms with Crippen LogP contribution in [0.15, 0.2) is 54.6 Å². The molecule has 3 N–H and O–H groups in total. The molecule has 0 spiro atoms. The average Bonchev–Trinajstić information content (AvgIpc) is 2.54. The maximum Gasteiger partial charge on any atom is 0.258 e. The fraction of sp³-hybridized carbons (Fsp3) is 0.235. The van der Waals surface area contributed by atoms with Crippen LogP contribution < -0.4 is 15.8 Å². The molecule has 2 rings (SSSR count). The number of benzene rings is 2. The Bertz CT molecular complexity index is 584. The van der Waals surface area contributed by atoms with Gasteiger partial charge in [-0.25, -0.2) is 0 Å².